The molecule has 0 spiro atoms. The van der Waals surface area contributed by atoms with Crippen LogP contribution in [0.5, 0.6) is 11.5 Å². The van der Waals surface area contributed by atoms with Crippen molar-refractivity contribution in [3.05, 3.63) is 58.1 Å². The average molecular weight is 344 g/mol. The molecule has 21 heavy (non-hydrogen) atoms. The summed E-state index contributed by atoms with van der Waals surface area (Å²) in [5, 5.41) is 9.35. The zero-order chi connectivity index (χ0) is 14.8. The molecule has 0 aromatic heterocycles. The van der Waals surface area contributed by atoms with Crippen LogP contribution in [0.1, 0.15) is 21.8 Å². The number of benzene rings is 2. The molecule has 4 nitrogen and oxygen atoms in total. The first-order chi connectivity index (χ1) is 10.2. The molecule has 0 radical (unpaired) electrons. The number of fused-ring (bicyclic) bond motifs is 1. The number of hydrogen-bond donors (Lipinski definition) is 0. The molecule has 1 aliphatic heterocycles. The molecule has 3 rings (SSSR count). The Labute approximate surface area is 130 Å². The van der Waals surface area contributed by atoms with Crippen LogP contribution < -0.4 is 9.47 Å². The molecule has 1 heterocycles. The lowest BCUT2D eigenvalue weighted by atomic mass is 9.92. The first-order valence-electron chi connectivity index (χ1n) is 6.28. The lowest BCUT2D eigenvalue weighted by Crippen LogP contribution is -2.11. The van der Waals surface area contributed by atoms with Crippen LogP contribution in [0.4, 0.5) is 0 Å². The standard InChI is InChI=1S/C16H10BrNO3/c17-12-3-1-2-10(6-12)13(8-18)16(19)11-4-5-14-15(7-11)21-9-20-14/h1-7,13H,9H2. The second-order valence-electron chi connectivity index (χ2n) is 4.55. The highest BCUT2D eigenvalue weighted by Crippen LogP contribution is 2.34. The van der Waals surface area contributed by atoms with Gasteiger partial charge in [-0.3, -0.25) is 4.79 Å². The summed E-state index contributed by atoms with van der Waals surface area (Å²) in [5.41, 5.74) is 1.10. The average Bonchev–Trinajstić information content (AvgIpc) is 2.95. The number of ether oxygens (including phenoxy) is 2. The fourth-order valence-electron chi connectivity index (χ4n) is 2.19. The molecule has 1 atom stereocenters. The van der Waals surface area contributed by atoms with Gasteiger partial charge in [0.25, 0.3) is 0 Å². The van der Waals surface area contributed by atoms with Crippen LogP contribution in [0.15, 0.2) is 46.9 Å². The molecule has 1 aliphatic rings. The summed E-state index contributed by atoms with van der Waals surface area (Å²) in [7, 11) is 0. The molecular formula is C16H10BrNO3. The first-order valence-corrected chi connectivity index (χ1v) is 7.07. The van der Waals surface area contributed by atoms with Gasteiger partial charge in [0.05, 0.1) is 6.07 Å². The van der Waals surface area contributed by atoms with Crippen molar-refractivity contribution in [3.8, 4) is 17.6 Å². The molecule has 0 N–H and O–H groups in total. The molecule has 0 aliphatic carbocycles. The van der Waals surface area contributed by atoms with E-state index in [1.165, 1.54) is 0 Å². The van der Waals surface area contributed by atoms with Crippen molar-refractivity contribution >= 4 is 21.7 Å². The number of nitrogens with zero attached hydrogens (tertiary/aromatic N) is 1. The number of hydrogen-bond acceptors (Lipinski definition) is 4. The van der Waals surface area contributed by atoms with Gasteiger partial charge < -0.3 is 9.47 Å². The maximum absolute atomic E-state index is 12.6. The molecule has 5 heteroatoms. The summed E-state index contributed by atoms with van der Waals surface area (Å²) >= 11 is 3.35. The van der Waals surface area contributed by atoms with Gasteiger partial charge in [0.15, 0.2) is 17.3 Å². The molecule has 1 unspecified atom stereocenters. The van der Waals surface area contributed by atoms with E-state index in [-0.39, 0.29) is 12.6 Å². The summed E-state index contributed by atoms with van der Waals surface area (Å²) in [4.78, 5) is 12.6. The van der Waals surface area contributed by atoms with Gasteiger partial charge in [-0.1, -0.05) is 28.1 Å². The topological polar surface area (TPSA) is 59.3 Å². The number of carbonyl (C=O) groups excluding carboxylic acids is 1. The van der Waals surface area contributed by atoms with E-state index >= 15 is 0 Å². The van der Waals surface area contributed by atoms with Gasteiger partial charge in [-0.05, 0) is 35.9 Å². The second kappa shape index (κ2) is 5.58. The molecular weight excluding hydrogens is 334 g/mol. The number of Topliss-reactive ketones (excluding diaryl/α,β-unsaturated/α-hetero) is 1. The van der Waals surface area contributed by atoms with Crippen molar-refractivity contribution < 1.29 is 14.3 Å². The predicted octanol–water partition coefficient (Wildman–Crippen LogP) is 3.67. The minimum Gasteiger partial charge on any atom is -0.454 e. The van der Waals surface area contributed by atoms with Gasteiger partial charge in [-0.25, -0.2) is 0 Å². The molecule has 0 bridgehead atoms. The highest BCUT2D eigenvalue weighted by molar-refractivity contribution is 9.10. The van der Waals surface area contributed by atoms with E-state index in [2.05, 4.69) is 22.0 Å². The Morgan fingerprint density at radius 2 is 2.00 bits per heavy atom. The number of rotatable bonds is 3. The van der Waals surface area contributed by atoms with Crippen LogP contribution in [0.25, 0.3) is 0 Å². The highest BCUT2D eigenvalue weighted by atomic mass is 79.9. The Bertz CT molecular complexity index is 751. The van der Waals surface area contributed by atoms with Gasteiger partial charge in [0, 0.05) is 10.0 Å². The Balaban J connectivity index is 1.95. The number of nitriles is 1. The fourth-order valence-corrected chi connectivity index (χ4v) is 2.60. The lowest BCUT2D eigenvalue weighted by Gasteiger charge is -2.09. The van der Waals surface area contributed by atoms with E-state index in [1.807, 2.05) is 6.07 Å². The highest BCUT2D eigenvalue weighted by Gasteiger charge is 2.24. The van der Waals surface area contributed by atoms with E-state index < -0.39 is 5.92 Å². The van der Waals surface area contributed by atoms with Crippen molar-refractivity contribution in [2.75, 3.05) is 6.79 Å². The van der Waals surface area contributed by atoms with Crippen LogP contribution in [0.3, 0.4) is 0 Å². The van der Waals surface area contributed by atoms with Crippen LogP contribution >= 0.6 is 15.9 Å². The molecule has 0 fully saturated rings. The van der Waals surface area contributed by atoms with Crippen LogP contribution in [-0.4, -0.2) is 12.6 Å². The van der Waals surface area contributed by atoms with E-state index in [1.54, 1.807) is 36.4 Å². The maximum atomic E-state index is 12.6. The third-order valence-corrected chi connectivity index (χ3v) is 3.72. The van der Waals surface area contributed by atoms with Gasteiger partial charge in [0.2, 0.25) is 6.79 Å². The maximum Gasteiger partial charge on any atom is 0.231 e. The molecule has 0 amide bonds. The smallest absolute Gasteiger partial charge is 0.231 e. The van der Waals surface area contributed by atoms with Crippen LogP contribution in [0.2, 0.25) is 0 Å². The zero-order valence-corrected chi connectivity index (χ0v) is 12.5. The monoisotopic (exact) mass is 343 g/mol. The third kappa shape index (κ3) is 2.63. The fraction of sp³-hybridized carbons (Fsp3) is 0.125. The Hall–Kier alpha value is -2.32. The van der Waals surface area contributed by atoms with Crippen molar-refractivity contribution in [3.63, 3.8) is 0 Å². The third-order valence-electron chi connectivity index (χ3n) is 3.23. The van der Waals surface area contributed by atoms with E-state index in [0.717, 1.165) is 4.47 Å². The van der Waals surface area contributed by atoms with E-state index in [9.17, 15) is 10.1 Å². The van der Waals surface area contributed by atoms with Gasteiger partial charge >= 0.3 is 0 Å². The predicted molar refractivity (Wildman–Crippen MR) is 79.4 cm³/mol. The van der Waals surface area contributed by atoms with Crippen LogP contribution in [-0.2, 0) is 0 Å². The quantitative estimate of drug-likeness (QED) is 0.797. The Morgan fingerprint density at radius 3 is 2.76 bits per heavy atom. The summed E-state index contributed by atoms with van der Waals surface area (Å²) < 4.78 is 11.3. The van der Waals surface area contributed by atoms with E-state index in [4.69, 9.17) is 9.47 Å². The van der Waals surface area contributed by atoms with Crippen molar-refractivity contribution in [1.82, 2.24) is 0 Å². The summed E-state index contributed by atoms with van der Waals surface area (Å²) in [5.74, 6) is 0.0473. The van der Waals surface area contributed by atoms with Crippen LogP contribution in [0, 0.1) is 11.3 Å². The minimum atomic E-state index is -0.845. The van der Waals surface area contributed by atoms with Crippen molar-refractivity contribution in [2.24, 2.45) is 0 Å². The number of carbonyl (C=O) groups is 1. The Morgan fingerprint density at radius 1 is 1.19 bits per heavy atom. The van der Waals surface area contributed by atoms with E-state index in [0.29, 0.717) is 22.6 Å². The molecule has 2 aromatic carbocycles. The summed E-state index contributed by atoms with van der Waals surface area (Å²) in [6.07, 6.45) is 0. The normalized spacial score (nSPS) is 13.5. The molecule has 104 valence electrons. The van der Waals surface area contributed by atoms with Crippen molar-refractivity contribution in [2.45, 2.75) is 5.92 Å². The van der Waals surface area contributed by atoms with Gasteiger partial charge in [0.1, 0.15) is 5.92 Å². The molecule has 2 aromatic rings. The van der Waals surface area contributed by atoms with Gasteiger partial charge in [-0.15, -0.1) is 0 Å². The Kier molecular flexibility index (Phi) is 3.63. The first kappa shape index (κ1) is 13.7. The number of halogens is 1. The summed E-state index contributed by atoms with van der Waals surface area (Å²) in [6.45, 7) is 0.153. The zero-order valence-electron chi connectivity index (χ0n) is 10.9. The second-order valence-corrected chi connectivity index (χ2v) is 5.47. The number of ketones is 1. The largest absolute Gasteiger partial charge is 0.454 e. The SMILES string of the molecule is N#CC(C(=O)c1ccc2c(c1)OCO2)c1cccc(Br)c1. The molecule has 0 saturated heterocycles. The van der Waals surface area contributed by atoms with Gasteiger partial charge in [-0.2, -0.15) is 5.26 Å². The lowest BCUT2D eigenvalue weighted by molar-refractivity contribution is 0.0978. The minimum absolute atomic E-state index is 0.153. The van der Waals surface area contributed by atoms with Crippen molar-refractivity contribution in [1.29, 1.82) is 5.26 Å². The molecule has 0 saturated carbocycles. The summed E-state index contributed by atoms with van der Waals surface area (Å²) in [6, 6.07) is 14.2.